The van der Waals surface area contributed by atoms with Crippen molar-refractivity contribution in [1.82, 2.24) is 10.6 Å². The summed E-state index contributed by atoms with van der Waals surface area (Å²) >= 11 is 3.40. The van der Waals surface area contributed by atoms with Crippen LogP contribution in [0.2, 0.25) is 0 Å². The molecule has 2 N–H and O–H groups in total. The predicted molar refractivity (Wildman–Crippen MR) is 69.8 cm³/mol. The second-order valence-corrected chi connectivity index (χ2v) is 4.55. The summed E-state index contributed by atoms with van der Waals surface area (Å²) in [5.41, 5.74) is 1.83. The molecule has 1 rings (SSSR count). The van der Waals surface area contributed by atoms with Crippen LogP contribution in [0.5, 0.6) is 0 Å². The SMILES string of the molecule is CNCCCNC(=O)c1ccc(C)cc1Br. The number of hydrogen-bond acceptors (Lipinski definition) is 2. The van der Waals surface area contributed by atoms with Crippen molar-refractivity contribution in [3.63, 3.8) is 0 Å². The molecule has 1 aromatic rings. The van der Waals surface area contributed by atoms with Crippen molar-refractivity contribution in [3.8, 4) is 0 Å². The summed E-state index contributed by atoms with van der Waals surface area (Å²) in [6.07, 6.45) is 0.936. The zero-order valence-corrected chi connectivity index (χ0v) is 11.2. The molecule has 0 atom stereocenters. The molecule has 4 heteroatoms. The zero-order chi connectivity index (χ0) is 12.0. The molecule has 0 aliphatic rings. The fourth-order valence-corrected chi connectivity index (χ4v) is 2.04. The van der Waals surface area contributed by atoms with E-state index in [2.05, 4.69) is 26.6 Å². The zero-order valence-electron chi connectivity index (χ0n) is 9.64. The molecule has 0 bridgehead atoms. The first-order valence-corrected chi connectivity index (χ1v) is 6.13. The highest BCUT2D eigenvalue weighted by molar-refractivity contribution is 9.10. The largest absolute Gasteiger partial charge is 0.352 e. The lowest BCUT2D eigenvalue weighted by Gasteiger charge is -2.07. The van der Waals surface area contributed by atoms with Gasteiger partial charge in [-0.2, -0.15) is 0 Å². The minimum atomic E-state index is -0.0250. The monoisotopic (exact) mass is 284 g/mol. The van der Waals surface area contributed by atoms with Gasteiger partial charge >= 0.3 is 0 Å². The van der Waals surface area contributed by atoms with Gasteiger partial charge in [0.2, 0.25) is 0 Å². The predicted octanol–water partition coefficient (Wildman–Crippen LogP) is 2.10. The van der Waals surface area contributed by atoms with Gasteiger partial charge in [-0.05, 0) is 60.6 Å². The molecule has 3 nitrogen and oxygen atoms in total. The van der Waals surface area contributed by atoms with Gasteiger partial charge in [0.15, 0.2) is 0 Å². The molecule has 0 saturated carbocycles. The Kier molecular flexibility index (Phi) is 5.49. The van der Waals surface area contributed by atoms with Crippen LogP contribution in [-0.4, -0.2) is 26.0 Å². The standard InChI is InChI=1S/C12H17BrN2O/c1-9-4-5-10(11(13)8-9)12(16)15-7-3-6-14-2/h4-5,8,14H,3,6-7H2,1-2H3,(H,15,16). The third-order valence-electron chi connectivity index (χ3n) is 2.26. The van der Waals surface area contributed by atoms with Crippen LogP contribution in [0.15, 0.2) is 22.7 Å². The lowest BCUT2D eigenvalue weighted by molar-refractivity contribution is 0.0952. The highest BCUT2D eigenvalue weighted by atomic mass is 79.9. The van der Waals surface area contributed by atoms with Crippen LogP contribution >= 0.6 is 15.9 Å². The van der Waals surface area contributed by atoms with Gasteiger partial charge in [0.05, 0.1) is 5.56 Å². The van der Waals surface area contributed by atoms with Crippen LogP contribution in [0.4, 0.5) is 0 Å². The Morgan fingerprint density at radius 3 is 2.75 bits per heavy atom. The van der Waals surface area contributed by atoms with Crippen LogP contribution < -0.4 is 10.6 Å². The van der Waals surface area contributed by atoms with Gasteiger partial charge in [-0.1, -0.05) is 6.07 Å². The average molecular weight is 285 g/mol. The lowest BCUT2D eigenvalue weighted by atomic mass is 10.1. The lowest BCUT2D eigenvalue weighted by Crippen LogP contribution is -2.26. The van der Waals surface area contributed by atoms with E-state index < -0.39 is 0 Å². The minimum absolute atomic E-state index is 0.0250. The molecule has 0 aliphatic carbocycles. The first-order valence-electron chi connectivity index (χ1n) is 5.34. The topological polar surface area (TPSA) is 41.1 Å². The maximum Gasteiger partial charge on any atom is 0.252 e. The van der Waals surface area contributed by atoms with Crippen molar-refractivity contribution < 1.29 is 4.79 Å². The van der Waals surface area contributed by atoms with E-state index in [1.54, 1.807) is 0 Å². The first-order chi connectivity index (χ1) is 7.65. The van der Waals surface area contributed by atoms with E-state index in [9.17, 15) is 4.79 Å². The van der Waals surface area contributed by atoms with Gasteiger partial charge < -0.3 is 10.6 Å². The number of nitrogens with one attached hydrogen (secondary N) is 2. The summed E-state index contributed by atoms with van der Waals surface area (Å²) in [6, 6.07) is 5.72. The van der Waals surface area contributed by atoms with E-state index in [1.165, 1.54) is 0 Å². The summed E-state index contributed by atoms with van der Waals surface area (Å²) < 4.78 is 0.846. The number of carbonyl (C=O) groups excluding carboxylic acids is 1. The van der Waals surface area contributed by atoms with Gasteiger partial charge in [-0.25, -0.2) is 0 Å². The summed E-state index contributed by atoms with van der Waals surface area (Å²) in [7, 11) is 1.90. The molecular formula is C12H17BrN2O. The van der Waals surface area contributed by atoms with E-state index >= 15 is 0 Å². The van der Waals surface area contributed by atoms with E-state index in [1.807, 2.05) is 32.2 Å². The Balaban J connectivity index is 2.53. The molecule has 0 unspecified atom stereocenters. The summed E-state index contributed by atoms with van der Waals surface area (Å²) in [5.74, 6) is -0.0250. The number of halogens is 1. The molecule has 1 amide bonds. The second kappa shape index (κ2) is 6.66. The third-order valence-corrected chi connectivity index (χ3v) is 2.91. The Hall–Kier alpha value is -0.870. The van der Waals surface area contributed by atoms with Crippen LogP contribution in [0.1, 0.15) is 22.3 Å². The molecule has 0 radical (unpaired) electrons. The molecule has 0 saturated heterocycles. The Morgan fingerprint density at radius 2 is 2.12 bits per heavy atom. The Bertz CT molecular complexity index is 366. The third kappa shape index (κ3) is 3.94. The van der Waals surface area contributed by atoms with Gasteiger partial charge in [0.1, 0.15) is 0 Å². The number of carbonyl (C=O) groups is 1. The number of aryl methyl sites for hydroxylation is 1. The van der Waals surface area contributed by atoms with Gasteiger partial charge in [-0.3, -0.25) is 4.79 Å². The molecule has 0 aromatic heterocycles. The maximum atomic E-state index is 11.8. The summed E-state index contributed by atoms with van der Waals surface area (Å²) in [5, 5.41) is 5.92. The minimum Gasteiger partial charge on any atom is -0.352 e. The van der Waals surface area contributed by atoms with Crippen LogP contribution in [0.3, 0.4) is 0 Å². The van der Waals surface area contributed by atoms with Crippen molar-refractivity contribution in [3.05, 3.63) is 33.8 Å². The molecule has 0 heterocycles. The van der Waals surface area contributed by atoms with Gasteiger partial charge in [0.25, 0.3) is 5.91 Å². The molecule has 1 aromatic carbocycles. The Morgan fingerprint density at radius 1 is 1.38 bits per heavy atom. The second-order valence-electron chi connectivity index (χ2n) is 3.70. The fraction of sp³-hybridized carbons (Fsp3) is 0.417. The smallest absolute Gasteiger partial charge is 0.252 e. The van der Waals surface area contributed by atoms with E-state index in [-0.39, 0.29) is 5.91 Å². The highest BCUT2D eigenvalue weighted by Crippen LogP contribution is 2.17. The van der Waals surface area contributed by atoms with Gasteiger partial charge in [-0.15, -0.1) is 0 Å². The number of benzene rings is 1. The van der Waals surface area contributed by atoms with E-state index in [4.69, 9.17) is 0 Å². The van der Waals surface area contributed by atoms with Crippen molar-refractivity contribution >= 4 is 21.8 Å². The quantitative estimate of drug-likeness (QED) is 0.813. The van der Waals surface area contributed by atoms with Crippen molar-refractivity contribution in [2.75, 3.05) is 20.1 Å². The van der Waals surface area contributed by atoms with Crippen molar-refractivity contribution in [2.24, 2.45) is 0 Å². The molecule has 0 spiro atoms. The maximum absolute atomic E-state index is 11.8. The van der Waals surface area contributed by atoms with E-state index in [0.717, 1.165) is 23.0 Å². The fourth-order valence-electron chi connectivity index (χ4n) is 1.37. The normalized spacial score (nSPS) is 10.2. The molecule has 0 aliphatic heterocycles. The molecule has 16 heavy (non-hydrogen) atoms. The highest BCUT2D eigenvalue weighted by Gasteiger charge is 2.08. The summed E-state index contributed by atoms with van der Waals surface area (Å²) in [6.45, 7) is 3.61. The summed E-state index contributed by atoms with van der Waals surface area (Å²) in [4.78, 5) is 11.8. The van der Waals surface area contributed by atoms with Crippen LogP contribution in [0, 0.1) is 6.92 Å². The van der Waals surface area contributed by atoms with Crippen LogP contribution in [0.25, 0.3) is 0 Å². The molecule has 88 valence electrons. The Labute approximate surface area is 105 Å². The number of amides is 1. The van der Waals surface area contributed by atoms with Crippen LogP contribution in [-0.2, 0) is 0 Å². The van der Waals surface area contributed by atoms with Crippen molar-refractivity contribution in [1.29, 1.82) is 0 Å². The van der Waals surface area contributed by atoms with Gasteiger partial charge in [0, 0.05) is 11.0 Å². The average Bonchev–Trinajstić information content (AvgIpc) is 2.24. The number of rotatable bonds is 5. The first kappa shape index (κ1) is 13.2. The van der Waals surface area contributed by atoms with Crippen molar-refractivity contribution in [2.45, 2.75) is 13.3 Å². The molecule has 0 fully saturated rings. The van der Waals surface area contributed by atoms with E-state index in [0.29, 0.717) is 12.1 Å². The molecular weight excluding hydrogens is 268 g/mol. The number of hydrogen-bond donors (Lipinski definition) is 2.